The van der Waals surface area contributed by atoms with Gasteiger partial charge >= 0.3 is 0 Å². The molecular formula is C12H13ClFN3O2. The Labute approximate surface area is 114 Å². The van der Waals surface area contributed by atoms with Gasteiger partial charge in [0, 0.05) is 13.1 Å². The first kappa shape index (κ1) is 13.7. The minimum atomic E-state index is -0.747. The first-order valence-electron chi connectivity index (χ1n) is 5.74. The van der Waals surface area contributed by atoms with E-state index in [9.17, 15) is 14.0 Å². The molecule has 2 rings (SSSR count). The van der Waals surface area contributed by atoms with Crippen LogP contribution in [-0.4, -0.2) is 34.8 Å². The van der Waals surface area contributed by atoms with Crippen molar-refractivity contribution in [2.75, 3.05) is 13.1 Å². The summed E-state index contributed by atoms with van der Waals surface area (Å²) in [7, 11) is 0. The third-order valence-corrected chi connectivity index (χ3v) is 3.69. The van der Waals surface area contributed by atoms with Crippen LogP contribution in [0.15, 0.2) is 12.3 Å². The molecule has 0 saturated carbocycles. The molecule has 1 aliphatic heterocycles. The van der Waals surface area contributed by atoms with E-state index in [0.717, 1.165) is 12.3 Å². The van der Waals surface area contributed by atoms with Crippen molar-refractivity contribution >= 4 is 23.4 Å². The summed E-state index contributed by atoms with van der Waals surface area (Å²) in [5, 5.41) is -0.0564. The Bertz CT molecular complexity index is 552. The largest absolute Gasteiger partial charge is 0.369 e. The van der Waals surface area contributed by atoms with Gasteiger partial charge in [0.25, 0.3) is 5.91 Å². The Morgan fingerprint density at radius 1 is 1.58 bits per heavy atom. The number of likely N-dealkylation sites (tertiary alicyclic amines) is 1. The summed E-state index contributed by atoms with van der Waals surface area (Å²) in [4.78, 5) is 28.6. The number of primary amides is 1. The van der Waals surface area contributed by atoms with Gasteiger partial charge in [-0.3, -0.25) is 9.59 Å². The molecule has 2 amide bonds. The predicted octanol–water partition coefficient (Wildman–Crippen LogP) is 1.21. The van der Waals surface area contributed by atoms with E-state index < -0.39 is 23.0 Å². The molecule has 1 aromatic heterocycles. The molecule has 0 aromatic carbocycles. The lowest BCUT2D eigenvalue weighted by molar-refractivity contribution is -0.126. The van der Waals surface area contributed by atoms with Crippen molar-refractivity contribution in [3.8, 4) is 0 Å². The van der Waals surface area contributed by atoms with Crippen LogP contribution < -0.4 is 5.73 Å². The van der Waals surface area contributed by atoms with Gasteiger partial charge in [0.05, 0.1) is 17.2 Å². The number of hydrogen-bond acceptors (Lipinski definition) is 3. The number of aromatic nitrogens is 1. The number of pyridine rings is 1. The molecule has 1 aliphatic rings. The molecule has 0 aliphatic carbocycles. The van der Waals surface area contributed by atoms with Crippen LogP contribution in [0.3, 0.4) is 0 Å². The van der Waals surface area contributed by atoms with Crippen LogP contribution in [0.2, 0.25) is 5.15 Å². The number of carbonyl (C=O) groups excluding carboxylic acids is 2. The number of hydrogen-bond donors (Lipinski definition) is 1. The third-order valence-electron chi connectivity index (χ3n) is 3.39. The second-order valence-corrected chi connectivity index (χ2v) is 5.25. The van der Waals surface area contributed by atoms with Gasteiger partial charge < -0.3 is 10.6 Å². The Morgan fingerprint density at radius 2 is 2.26 bits per heavy atom. The first-order chi connectivity index (χ1) is 8.83. The van der Waals surface area contributed by atoms with Crippen LogP contribution in [0.4, 0.5) is 4.39 Å². The summed E-state index contributed by atoms with van der Waals surface area (Å²) in [5.74, 6) is -1.53. The maximum absolute atomic E-state index is 13.1. The van der Waals surface area contributed by atoms with Crippen LogP contribution in [0, 0.1) is 11.2 Å². The fourth-order valence-corrected chi connectivity index (χ4v) is 2.26. The second-order valence-electron chi connectivity index (χ2n) is 4.89. The van der Waals surface area contributed by atoms with Gasteiger partial charge in [0.2, 0.25) is 5.91 Å². The summed E-state index contributed by atoms with van der Waals surface area (Å²) < 4.78 is 13.1. The maximum Gasteiger partial charge on any atom is 0.257 e. The van der Waals surface area contributed by atoms with E-state index in [1.54, 1.807) is 6.92 Å². The van der Waals surface area contributed by atoms with Crippen molar-refractivity contribution in [1.82, 2.24) is 9.88 Å². The summed E-state index contributed by atoms with van der Waals surface area (Å²) in [6.07, 6.45) is 1.42. The van der Waals surface area contributed by atoms with E-state index in [1.807, 2.05) is 0 Å². The molecule has 19 heavy (non-hydrogen) atoms. The first-order valence-corrected chi connectivity index (χ1v) is 6.11. The molecule has 0 spiro atoms. The van der Waals surface area contributed by atoms with Gasteiger partial charge in [0.1, 0.15) is 11.0 Å². The Morgan fingerprint density at radius 3 is 2.84 bits per heavy atom. The quantitative estimate of drug-likeness (QED) is 0.830. The van der Waals surface area contributed by atoms with Crippen LogP contribution in [-0.2, 0) is 4.79 Å². The van der Waals surface area contributed by atoms with Crippen molar-refractivity contribution in [2.24, 2.45) is 11.1 Å². The molecule has 0 radical (unpaired) electrons. The van der Waals surface area contributed by atoms with Crippen molar-refractivity contribution < 1.29 is 14.0 Å². The molecule has 1 unspecified atom stereocenters. The average Bonchev–Trinajstić information content (AvgIpc) is 2.76. The van der Waals surface area contributed by atoms with Gasteiger partial charge in [-0.1, -0.05) is 11.6 Å². The van der Waals surface area contributed by atoms with Gasteiger partial charge in [-0.05, 0) is 19.4 Å². The van der Waals surface area contributed by atoms with E-state index >= 15 is 0 Å². The minimum absolute atomic E-state index is 0.00427. The molecule has 1 atom stereocenters. The monoisotopic (exact) mass is 285 g/mol. The normalized spacial score (nSPS) is 22.6. The maximum atomic E-state index is 13.1. The molecule has 5 nitrogen and oxygen atoms in total. The molecule has 1 saturated heterocycles. The fourth-order valence-electron chi connectivity index (χ4n) is 2.08. The lowest BCUT2D eigenvalue weighted by Gasteiger charge is -2.21. The fraction of sp³-hybridized carbons (Fsp3) is 0.417. The molecule has 1 fully saturated rings. The van der Waals surface area contributed by atoms with Crippen LogP contribution in [0.1, 0.15) is 23.7 Å². The molecule has 1 aromatic rings. The zero-order valence-electron chi connectivity index (χ0n) is 10.3. The molecule has 102 valence electrons. The van der Waals surface area contributed by atoms with Gasteiger partial charge in [0.15, 0.2) is 0 Å². The zero-order chi connectivity index (χ0) is 14.2. The number of nitrogens with zero attached hydrogens (tertiary/aromatic N) is 2. The molecular weight excluding hydrogens is 273 g/mol. The molecule has 2 heterocycles. The SMILES string of the molecule is CC1(C(N)=O)CCN(C(=O)c2cc(F)cnc2Cl)C1. The number of nitrogens with two attached hydrogens (primary N) is 1. The Hall–Kier alpha value is -1.69. The highest BCUT2D eigenvalue weighted by Crippen LogP contribution is 2.31. The van der Waals surface area contributed by atoms with Crippen molar-refractivity contribution in [3.05, 3.63) is 28.8 Å². The summed E-state index contributed by atoms with van der Waals surface area (Å²) in [6.45, 7) is 2.28. The summed E-state index contributed by atoms with van der Waals surface area (Å²) in [6, 6.07) is 1.04. The lowest BCUT2D eigenvalue weighted by Crippen LogP contribution is -2.38. The second kappa shape index (κ2) is 4.77. The summed E-state index contributed by atoms with van der Waals surface area (Å²) >= 11 is 5.79. The minimum Gasteiger partial charge on any atom is -0.369 e. The van der Waals surface area contributed by atoms with Crippen LogP contribution >= 0.6 is 11.6 Å². The van der Waals surface area contributed by atoms with Crippen LogP contribution in [0.5, 0.6) is 0 Å². The Kier molecular flexibility index (Phi) is 3.45. The smallest absolute Gasteiger partial charge is 0.257 e. The average molecular weight is 286 g/mol. The Balaban J connectivity index is 2.22. The molecule has 7 heteroatoms. The van der Waals surface area contributed by atoms with Gasteiger partial charge in [-0.25, -0.2) is 9.37 Å². The molecule has 2 N–H and O–H groups in total. The topological polar surface area (TPSA) is 76.3 Å². The summed E-state index contributed by atoms with van der Waals surface area (Å²) in [5.41, 5.74) is 4.56. The number of halogens is 2. The van der Waals surface area contributed by atoms with Gasteiger partial charge in [-0.2, -0.15) is 0 Å². The number of rotatable bonds is 2. The third kappa shape index (κ3) is 2.53. The van der Waals surface area contributed by atoms with Crippen molar-refractivity contribution in [2.45, 2.75) is 13.3 Å². The van der Waals surface area contributed by atoms with E-state index in [4.69, 9.17) is 17.3 Å². The van der Waals surface area contributed by atoms with Crippen molar-refractivity contribution in [1.29, 1.82) is 0 Å². The highest BCUT2D eigenvalue weighted by molar-refractivity contribution is 6.32. The standard InChI is InChI=1S/C12H13ClFN3O2/c1-12(11(15)19)2-3-17(6-12)10(18)8-4-7(14)5-16-9(8)13/h4-5H,2-3,6H2,1H3,(H2,15,19). The highest BCUT2D eigenvalue weighted by atomic mass is 35.5. The van der Waals surface area contributed by atoms with E-state index in [-0.39, 0.29) is 17.3 Å². The van der Waals surface area contributed by atoms with Crippen molar-refractivity contribution in [3.63, 3.8) is 0 Å². The van der Waals surface area contributed by atoms with E-state index in [1.165, 1.54) is 4.90 Å². The van der Waals surface area contributed by atoms with E-state index in [2.05, 4.69) is 4.98 Å². The van der Waals surface area contributed by atoms with Gasteiger partial charge in [-0.15, -0.1) is 0 Å². The predicted molar refractivity (Wildman–Crippen MR) is 67.0 cm³/mol. The number of carbonyl (C=O) groups is 2. The number of amides is 2. The zero-order valence-corrected chi connectivity index (χ0v) is 11.1. The molecule has 0 bridgehead atoms. The van der Waals surface area contributed by atoms with E-state index in [0.29, 0.717) is 13.0 Å². The highest BCUT2D eigenvalue weighted by Gasteiger charge is 2.41. The van der Waals surface area contributed by atoms with Crippen LogP contribution in [0.25, 0.3) is 0 Å². The lowest BCUT2D eigenvalue weighted by atomic mass is 9.89.